The largest absolute Gasteiger partial charge is 0.316 e. The summed E-state index contributed by atoms with van der Waals surface area (Å²) in [5.74, 6) is 1.77. The fourth-order valence-electron chi connectivity index (χ4n) is 3.19. The summed E-state index contributed by atoms with van der Waals surface area (Å²) in [7, 11) is 0. The molecule has 3 heteroatoms. The number of piperazine rings is 1. The van der Waals surface area contributed by atoms with Crippen molar-refractivity contribution in [1.29, 1.82) is 0 Å². The molecule has 2 atom stereocenters. The van der Waals surface area contributed by atoms with E-state index in [9.17, 15) is 0 Å². The second-order valence-electron chi connectivity index (χ2n) is 5.96. The quantitative estimate of drug-likeness (QED) is 0.757. The summed E-state index contributed by atoms with van der Waals surface area (Å²) in [5, 5.41) is 3.51. The Kier molecular flexibility index (Phi) is 3.18. The maximum absolute atomic E-state index is 3.51. The van der Waals surface area contributed by atoms with E-state index in [4.69, 9.17) is 0 Å². The van der Waals surface area contributed by atoms with Gasteiger partial charge in [-0.1, -0.05) is 6.92 Å². The average molecular weight is 223 g/mol. The van der Waals surface area contributed by atoms with Crippen molar-refractivity contribution in [3.05, 3.63) is 0 Å². The second kappa shape index (κ2) is 4.63. The molecule has 1 N–H and O–H groups in total. The van der Waals surface area contributed by atoms with Crippen LogP contribution in [-0.2, 0) is 0 Å². The van der Waals surface area contributed by atoms with Crippen molar-refractivity contribution in [2.45, 2.75) is 25.8 Å². The zero-order valence-electron chi connectivity index (χ0n) is 10.5. The van der Waals surface area contributed by atoms with Crippen LogP contribution in [0.25, 0.3) is 0 Å². The Morgan fingerprint density at radius 3 is 2.38 bits per heavy atom. The van der Waals surface area contributed by atoms with Gasteiger partial charge in [0.05, 0.1) is 0 Å². The summed E-state index contributed by atoms with van der Waals surface area (Å²) in [6.45, 7) is 11.4. The zero-order chi connectivity index (χ0) is 11.0. The van der Waals surface area contributed by atoms with Gasteiger partial charge in [0.1, 0.15) is 0 Å². The van der Waals surface area contributed by atoms with Gasteiger partial charge in [-0.2, -0.15) is 0 Å². The first-order chi connectivity index (χ1) is 7.83. The van der Waals surface area contributed by atoms with Crippen LogP contribution in [0.4, 0.5) is 0 Å². The molecular formula is C13H25N3. The molecule has 1 saturated carbocycles. The highest BCUT2D eigenvalue weighted by Crippen LogP contribution is 2.27. The maximum atomic E-state index is 3.51. The van der Waals surface area contributed by atoms with Crippen LogP contribution >= 0.6 is 0 Å². The molecule has 0 aromatic heterocycles. The van der Waals surface area contributed by atoms with Crippen molar-refractivity contribution in [2.75, 3.05) is 45.8 Å². The molecule has 3 nitrogen and oxygen atoms in total. The SMILES string of the molecule is C[C@@H]1CNC[C@H]1CN1CCN(C2CC2)CC1. The normalized spacial score (nSPS) is 38.1. The first kappa shape index (κ1) is 11.0. The Labute approximate surface area is 99.2 Å². The lowest BCUT2D eigenvalue weighted by molar-refractivity contribution is 0.109. The van der Waals surface area contributed by atoms with Crippen LogP contribution in [-0.4, -0.2) is 61.7 Å². The van der Waals surface area contributed by atoms with Gasteiger partial charge in [0.2, 0.25) is 0 Å². The molecule has 3 aliphatic rings. The predicted molar refractivity (Wildman–Crippen MR) is 66.6 cm³/mol. The van der Waals surface area contributed by atoms with Crippen LogP contribution < -0.4 is 5.32 Å². The van der Waals surface area contributed by atoms with Crippen LogP contribution in [0.15, 0.2) is 0 Å². The van der Waals surface area contributed by atoms with E-state index in [1.807, 2.05) is 0 Å². The van der Waals surface area contributed by atoms with Gasteiger partial charge in [0.15, 0.2) is 0 Å². The van der Waals surface area contributed by atoms with Crippen LogP contribution in [0.5, 0.6) is 0 Å². The summed E-state index contributed by atoms with van der Waals surface area (Å²) in [5.41, 5.74) is 0. The number of nitrogens with zero attached hydrogens (tertiary/aromatic N) is 2. The molecule has 0 aromatic rings. The molecule has 0 unspecified atom stereocenters. The number of nitrogens with one attached hydrogen (secondary N) is 1. The number of rotatable bonds is 3. The van der Waals surface area contributed by atoms with Crippen LogP contribution in [0.3, 0.4) is 0 Å². The fourth-order valence-corrected chi connectivity index (χ4v) is 3.19. The van der Waals surface area contributed by atoms with Gasteiger partial charge in [-0.3, -0.25) is 4.90 Å². The summed E-state index contributed by atoms with van der Waals surface area (Å²) >= 11 is 0. The van der Waals surface area contributed by atoms with Gasteiger partial charge in [0.25, 0.3) is 0 Å². The highest BCUT2D eigenvalue weighted by atomic mass is 15.3. The van der Waals surface area contributed by atoms with Crippen LogP contribution in [0, 0.1) is 11.8 Å². The summed E-state index contributed by atoms with van der Waals surface area (Å²) in [6.07, 6.45) is 2.92. The van der Waals surface area contributed by atoms with Gasteiger partial charge < -0.3 is 10.2 Å². The van der Waals surface area contributed by atoms with Crippen LogP contribution in [0.2, 0.25) is 0 Å². The average Bonchev–Trinajstić information content (AvgIpc) is 3.07. The third-order valence-corrected chi connectivity index (χ3v) is 4.64. The van der Waals surface area contributed by atoms with E-state index in [0.717, 1.165) is 17.9 Å². The molecule has 1 aliphatic carbocycles. The highest BCUT2D eigenvalue weighted by Gasteiger charge is 2.32. The Balaban J connectivity index is 1.43. The van der Waals surface area contributed by atoms with Gasteiger partial charge in [-0.05, 0) is 37.8 Å². The molecular weight excluding hydrogens is 198 g/mol. The molecule has 3 fully saturated rings. The van der Waals surface area contributed by atoms with E-state index in [2.05, 4.69) is 22.0 Å². The maximum Gasteiger partial charge on any atom is 0.0113 e. The minimum atomic E-state index is 0.876. The molecule has 0 spiro atoms. The molecule has 0 radical (unpaired) electrons. The van der Waals surface area contributed by atoms with E-state index in [1.54, 1.807) is 0 Å². The van der Waals surface area contributed by atoms with Gasteiger partial charge in [-0.25, -0.2) is 0 Å². The molecule has 2 saturated heterocycles. The van der Waals surface area contributed by atoms with Crippen molar-refractivity contribution >= 4 is 0 Å². The third kappa shape index (κ3) is 2.41. The minimum Gasteiger partial charge on any atom is -0.316 e. The van der Waals surface area contributed by atoms with E-state index in [0.29, 0.717) is 0 Å². The third-order valence-electron chi connectivity index (χ3n) is 4.64. The molecule has 16 heavy (non-hydrogen) atoms. The molecule has 0 bridgehead atoms. The first-order valence-corrected chi connectivity index (χ1v) is 7.00. The second-order valence-corrected chi connectivity index (χ2v) is 5.96. The first-order valence-electron chi connectivity index (χ1n) is 7.00. The fraction of sp³-hybridized carbons (Fsp3) is 1.00. The topological polar surface area (TPSA) is 18.5 Å². The highest BCUT2D eigenvalue weighted by molar-refractivity contribution is 4.88. The lowest BCUT2D eigenvalue weighted by atomic mass is 9.97. The van der Waals surface area contributed by atoms with Crippen molar-refractivity contribution in [3.8, 4) is 0 Å². The molecule has 92 valence electrons. The zero-order valence-corrected chi connectivity index (χ0v) is 10.5. The Morgan fingerprint density at radius 2 is 1.81 bits per heavy atom. The lowest BCUT2D eigenvalue weighted by Crippen LogP contribution is -2.48. The number of hydrogen-bond donors (Lipinski definition) is 1. The number of hydrogen-bond acceptors (Lipinski definition) is 3. The summed E-state index contributed by atoms with van der Waals surface area (Å²) in [6, 6.07) is 0.967. The lowest BCUT2D eigenvalue weighted by Gasteiger charge is -2.36. The Hall–Kier alpha value is -0.120. The van der Waals surface area contributed by atoms with Gasteiger partial charge in [0, 0.05) is 38.8 Å². The summed E-state index contributed by atoms with van der Waals surface area (Å²) < 4.78 is 0. The van der Waals surface area contributed by atoms with E-state index < -0.39 is 0 Å². The van der Waals surface area contributed by atoms with E-state index in [-0.39, 0.29) is 0 Å². The van der Waals surface area contributed by atoms with Crippen LogP contribution in [0.1, 0.15) is 19.8 Å². The van der Waals surface area contributed by atoms with Crippen molar-refractivity contribution in [2.24, 2.45) is 11.8 Å². The molecule has 3 rings (SSSR count). The smallest absolute Gasteiger partial charge is 0.0113 e. The van der Waals surface area contributed by atoms with Crippen molar-refractivity contribution in [3.63, 3.8) is 0 Å². The molecule has 0 aromatic carbocycles. The van der Waals surface area contributed by atoms with E-state index in [1.165, 1.54) is 58.7 Å². The molecule has 0 amide bonds. The molecule has 2 aliphatic heterocycles. The van der Waals surface area contributed by atoms with E-state index >= 15 is 0 Å². The van der Waals surface area contributed by atoms with Crippen molar-refractivity contribution in [1.82, 2.24) is 15.1 Å². The van der Waals surface area contributed by atoms with Gasteiger partial charge in [-0.15, -0.1) is 0 Å². The monoisotopic (exact) mass is 223 g/mol. The Morgan fingerprint density at radius 1 is 1.06 bits per heavy atom. The molecule has 2 heterocycles. The van der Waals surface area contributed by atoms with Crippen molar-refractivity contribution < 1.29 is 0 Å². The van der Waals surface area contributed by atoms with Gasteiger partial charge >= 0.3 is 0 Å². The minimum absolute atomic E-state index is 0.876. The summed E-state index contributed by atoms with van der Waals surface area (Å²) in [4.78, 5) is 5.39. The Bertz CT molecular complexity index is 231. The standard InChI is InChI=1S/C13H25N3/c1-11-8-14-9-12(11)10-15-4-6-16(7-5-15)13-2-3-13/h11-14H,2-10H2,1H3/t11-,12+/m1/s1. The predicted octanol–water partition coefficient (Wildman–Crippen LogP) is 0.622.